The molecule has 5 nitrogen and oxygen atoms in total. The summed E-state index contributed by atoms with van der Waals surface area (Å²) in [6.45, 7) is 2.00. The molecule has 0 saturated heterocycles. The van der Waals surface area contributed by atoms with Crippen molar-refractivity contribution in [1.82, 2.24) is 15.4 Å². The first-order valence-corrected chi connectivity index (χ1v) is 6.59. The molecule has 0 bridgehead atoms. The monoisotopic (exact) mass is 292 g/mol. The van der Waals surface area contributed by atoms with Crippen molar-refractivity contribution in [2.24, 2.45) is 5.84 Å². The Bertz CT molecular complexity index is 591. The normalized spacial score (nSPS) is 12.2. The minimum atomic E-state index is -0.160. The zero-order valence-electron chi connectivity index (χ0n) is 11.4. The quantitative estimate of drug-likeness (QED) is 0.653. The van der Waals surface area contributed by atoms with Gasteiger partial charge >= 0.3 is 0 Å². The highest BCUT2D eigenvalue weighted by molar-refractivity contribution is 6.31. The van der Waals surface area contributed by atoms with Gasteiger partial charge in [-0.2, -0.15) is 0 Å². The molecule has 0 aliphatic carbocycles. The maximum Gasteiger partial charge on any atom is 0.216 e. The lowest BCUT2D eigenvalue weighted by molar-refractivity contribution is 0.393. The molecule has 0 saturated carbocycles. The molecule has 0 spiro atoms. The third-order valence-electron chi connectivity index (χ3n) is 3.06. The van der Waals surface area contributed by atoms with E-state index in [0.29, 0.717) is 12.3 Å². The number of nitrogens with zero attached hydrogens (tertiary/aromatic N) is 2. The van der Waals surface area contributed by atoms with Crippen LogP contribution < -0.4 is 16.0 Å². The second-order valence-corrected chi connectivity index (χ2v) is 4.91. The van der Waals surface area contributed by atoms with Gasteiger partial charge in [0.15, 0.2) is 0 Å². The molecular formula is C14H17ClN4O. The maximum atomic E-state index is 6.25. The third-order valence-corrected chi connectivity index (χ3v) is 3.41. The van der Waals surface area contributed by atoms with Gasteiger partial charge in [-0.25, -0.2) is 9.97 Å². The molecule has 2 aromatic rings. The van der Waals surface area contributed by atoms with Gasteiger partial charge in [0.25, 0.3) is 0 Å². The van der Waals surface area contributed by atoms with Gasteiger partial charge in [-0.1, -0.05) is 23.7 Å². The predicted molar refractivity (Wildman–Crippen MR) is 78.5 cm³/mol. The van der Waals surface area contributed by atoms with Crippen LogP contribution in [0.5, 0.6) is 5.88 Å². The first-order chi connectivity index (χ1) is 9.63. The van der Waals surface area contributed by atoms with Crippen LogP contribution in [-0.4, -0.2) is 17.1 Å². The molecule has 2 rings (SSSR count). The summed E-state index contributed by atoms with van der Waals surface area (Å²) in [6.07, 6.45) is 2.09. The summed E-state index contributed by atoms with van der Waals surface area (Å²) in [6, 6.07) is 7.56. The Morgan fingerprint density at radius 2 is 2.15 bits per heavy atom. The topological polar surface area (TPSA) is 73.1 Å². The minimum Gasteiger partial charge on any atom is -0.481 e. The van der Waals surface area contributed by atoms with E-state index in [9.17, 15) is 0 Å². The molecule has 0 aliphatic rings. The number of ether oxygens (including phenoxy) is 1. The summed E-state index contributed by atoms with van der Waals surface area (Å²) in [4.78, 5) is 8.21. The Balaban J connectivity index is 2.23. The van der Waals surface area contributed by atoms with Crippen LogP contribution in [0.2, 0.25) is 5.02 Å². The number of aryl methyl sites for hydroxylation is 1. The number of benzene rings is 1. The molecule has 0 radical (unpaired) electrons. The first kappa shape index (κ1) is 14.7. The van der Waals surface area contributed by atoms with Crippen molar-refractivity contribution in [2.45, 2.75) is 19.4 Å². The van der Waals surface area contributed by atoms with E-state index >= 15 is 0 Å². The molecule has 20 heavy (non-hydrogen) atoms. The smallest absolute Gasteiger partial charge is 0.216 e. The molecule has 3 N–H and O–H groups in total. The summed E-state index contributed by atoms with van der Waals surface area (Å²) in [7, 11) is 1.56. The molecule has 1 aromatic carbocycles. The SMILES string of the molecule is COc1cc(C(Cc2ccc(C)cc2Cl)NN)ncn1. The Kier molecular flexibility index (Phi) is 4.89. The van der Waals surface area contributed by atoms with E-state index in [1.807, 2.05) is 25.1 Å². The first-order valence-electron chi connectivity index (χ1n) is 6.21. The number of halogens is 1. The van der Waals surface area contributed by atoms with E-state index in [-0.39, 0.29) is 6.04 Å². The number of nitrogens with one attached hydrogen (secondary N) is 1. The van der Waals surface area contributed by atoms with Crippen LogP contribution in [0.3, 0.4) is 0 Å². The number of methoxy groups -OCH3 is 1. The van der Waals surface area contributed by atoms with Gasteiger partial charge in [0.1, 0.15) is 6.33 Å². The Morgan fingerprint density at radius 3 is 2.80 bits per heavy atom. The molecule has 1 unspecified atom stereocenters. The lowest BCUT2D eigenvalue weighted by Gasteiger charge is -2.16. The van der Waals surface area contributed by atoms with Crippen LogP contribution in [0.4, 0.5) is 0 Å². The van der Waals surface area contributed by atoms with Gasteiger partial charge in [0.2, 0.25) is 5.88 Å². The fourth-order valence-corrected chi connectivity index (χ4v) is 2.25. The van der Waals surface area contributed by atoms with E-state index < -0.39 is 0 Å². The number of hydrazine groups is 1. The van der Waals surface area contributed by atoms with Gasteiger partial charge in [0, 0.05) is 11.1 Å². The summed E-state index contributed by atoms with van der Waals surface area (Å²) >= 11 is 6.25. The number of aromatic nitrogens is 2. The van der Waals surface area contributed by atoms with Crippen molar-refractivity contribution in [3.63, 3.8) is 0 Å². The predicted octanol–water partition coefficient (Wildman–Crippen LogP) is 2.19. The van der Waals surface area contributed by atoms with Gasteiger partial charge in [-0.05, 0) is 30.5 Å². The van der Waals surface area contributed by atoms with E-state index in [0.717, 1.165) is 21.8 Å². The lowest BCUT2D eigenvalue weighted by Crippen LogP contribution is -2.30. The zero-order chi connectivity index (χ0) is 14.5. The molecule has 1 atom stereocenters. The van der Waals surface area contributed by atoms with Gasteiger partial charge in [-0.3, -0.25) is 11.3 Å². The van der Waals surface area contributed by atoms with Crippen molar-refractivity contribution >= 4 is 11.6 Å². The van der Waals surface area contributed by atoms with E-state index in [1.165, 1.54) is 6.33 Å². The summed E-state index contributed by atoms with van der Waals surface area (Å²) in [5, 5.41) is 0.728. The molecule has 1 heterocycles. The Morgan fingerprint density at radius 1 is 1.35 bits per heavy atom. The van der Waals surface area contributed by atoms with E-state index in [2.05, 4.69) is 15.4 Å². The maximum absolute atomic E-state index is 6.25. The Labute approximate surface area is 123 Å². The molecular weight excluding hydrogens is 276 g/mol. The van der Waals surface area contributed by atoms with E-state index in [4.69, 9.17) is 22.2 Å². The van der Waals surface area contributed by atoms with Gasteiger partial charge < -0.3 is 4.74 Å². The van der Waals surface area contributed by atoms with Crippen LogP contribution in [0.15, 0.2) is 30.6 Å². The highest BCUT2D eigenvalue weighted by atomic mass is 35.5. The zero-order valence-corrected chi connectivity index (χ0v) is 12.2. The van der Waals surface area contributed by atoms with Crippen LogP contribution in [0.25, 0.3) is 0 Å². The van der Waals surface area contributed by atoms with Crippen molar-refractivity contribution in [1.29, 1.82) is 0 Å². The van der Waals surface area contributed by atoms with Crippen molar-refractivity contribution in [3.8, 4) is 5.88 Å². The average molecular weight is 293 g/mol. The molecule has 0 amide bonds. The summed E-state index contributed by atoms with van der Waals surface area (Å²) in [5.74, 6) is 6.13. The fraction of sp³-hybridized carbons (Fsp3) is 0.286. The van der Waals surface area contributed by atoms with Gasteiger partial charge in [-0.15, -0.1) is 0 Å². The number of nitrogens with two attached hydrogens (primary N) is 1. The second-order valence-electron chi connectivity index (χ2n) is 4.50. The van der Waals surface area contributed by atoms with Crippen LogP contribution >= 0.6 is 11.6 Å². The van der Waals surface area contributed by atoms with Gasteiger partial charge in [0.05, 0.1) is 18.8 Å². The fourth-order valence-electron chi connectivity index (χ4n) is 1.94. The average Bonchev–Trinajstić information content (AvgIpc) is 2.46. The molecule has 1 aromatic heterocycles. The highest BCUT2D eigenvalue weighted by Crippen LogP contribution is 2.24. The number of hydrogen-bond donors (Lipinski definition) is 2. The number of rotatable bonds is 5. The lowest BCUT2D eigenvalue weighted by atomic mass is 10.0. The van der Waals surface area contributed by atoms with Crippen molar-refractivity contribution in [2.75, 3.05) is 7.11 Å². The second kappa shape index (κ2) is 6.65. The number of hydrogen-bond acceptors (Lipinski definition) is 5. The molecule has 0 fully saturated rings. The third kappa shape index (κ3) is 3.45. The minimum absolute atomic E-state index is 0.160. The Hall–Kier alpha value is -1.69. The summed E-state index contributed by atoms with van der Waals surface area (Å²) < 4.78 is 5.09. The van der Waals surface area contributed by atoms with Crippen LogP contribution in [0, 0.1) is 6.92 Å². The summed E-state index contributed by atoms with van der Waals surface area (Å²) in [5.41, 5.74) is 5.65. The van der Waals surface area contributed by atoms with Crippen molar-refractivity contribution in [3.05, 3.63) is 52.4 Å². The molecule has 0 aliphatic heterocycles. The van der Waals surface area contributed by atoms with Crippen LogP contribution in [0.1, 0.15) is 22.9 Å². The van der Waals surface area contributed by atoms with E-state index in [1.54, 1.807) is 13.2 Å². The highest BCUT2D eigenvalue weighted by Gasteiger charge is 2.15. The molecule has 6 heteroatoms. The molecule has 106 valence electrons. The largest absolute Gasteiger partial charge is 0.481 e. The van der Waals surface area contributed by atoms with Crippen LogP contribution in [-0.2, 0) is 6.42 Å². The standard InChI is InChI=1S/C14H17ClN4O/c1-9-3-4-10(11(15)5-9)6-13(19-16)12-7-14(20-2)18-8-17-12/h3-5,7-8,13,19H,6,16H2,1-2H3. The van der Waals surface area contributed by atoms with Crippen molar-refractivity contribution < 1.29 is 4.74 Å².